The maximum Gasteiger partial charge on any atom is 0.244 e. The number of rotatable bonds is 7. The molecule has 1 heterocycles. The molecular weight excluding hydrogens is 292 g/mol. The van der Waals surface area contributed by atoms with Crippen LogP contribution in [0, 0.1) is 0 Å². The van der Waals surface area contributed by atoms with Crippen molar-refractivity contribution in [2.24, 2.45) is 0 Å². The number of aliphatic hydroxyl groups is 1. The van der Waals surface area contributed by atoms with Gasteiger partial charge in [-0.05, 0) is 24.8 Å². The Morgan fingerprint density at radius 2 is 1.96 bits per heavy atom. The highest BCUT2D eigenvalue weighted by atomic mass is 16.5. The molecule has 5 nitrogen and oxygen atoms in total. The fourth-order valence-corrected chi connectivity index (χ4v) is 3.00. The smallest absolute Gasteiger partial charge is 0.244 e. The van der Waals surface area contributed by atoms with Gasteiger partial charge in [0.2, 0.25) is 5.91 Å². The van der Waals surface area contributed by atoms with Gasteiger partial charge in [0.05, 0.1) is 6.10 Å². The van der Waals surface area contributed by atoms with Gasteiger partial charge in [0.1, 0.15) is 6.04 Å². The molecule has 1 fully saturated rings. The summed E-state index contributed by atoms with van der Waals surface area (Å²) in [6.45, 7) is 2.48. The second-order valence-electron chi connectivity index (χ2n) is 6.23. The lowest BCUT2D eigenvalue weighted by molar-refractivity contribution is -0.136. The summed E-state index contributed by atoms with van der Waals surface area (Å²) in [6.07, 6.45) is 2.78. The van der Waals surface area contributed by atoms with Crippen molar-refractivity contribution in [2.45, 2.75) is 31.4 Å². The SMILES string of the molecule is CN(C)C(=O)C(c1ccccc1)N1CCC(OCCCO)CC1. The molecule has 0 saturated carbocycles. The summed E-state index contributed by atoms with van der Waals surface area (Å²) in [6, 6.07) is 9.77. The number of hydrogen-bond acceptors (Lipinski definition) is 4. The fraction of sp³-hybridized carbons (Fsp3) is 0.611. The van der Waals surface area contributed by atoms with Crippen LogP contribution in [0.25, 0.3) is 0 Å². The van der Waals surface area contributed by atoms with Crippen LogP contribution in [-0.4, -0.2) is 67.3 Å². The summed E-state index contributed by atoms with van der Waals surface area (Å²) >= 11 is 0. The van der Waals surface area contributed by atoms with E-state index in [-0.39, 0.29) is 24.7 Å². The highest BCUT2D eigenvalue weighted by Crippen LogP contribution is 2.27. The van der Waals surface area contributed by atoms with Crippen molar-refractivity contribution in [1.29, 1.82) is 0 Å². The molecule has 1 aromatic carbocycles. The maximum absolute atomic E-state index is 12.7. The van der Waals surface area contributed by atoms with Crippen molar-refractivity contribution in [1.82, 2.24) is 9.80 Å². The third kappa shape index (κ3) is 5.03. The first-order valence-corrected chi connectivity index (χ1v) is 8.36. The van der Waals surface area contributed by atoms with E-state index >= 15 is 0 Å². The molecular formula is C18H28N2O3. The number of likely N-dealkylation sites (N-methyl/N-ethyl adjacent to an activating group) is 1. The number of piperidine rings is 1. The number of ether oxygens (including phenoxy) is 1. The van der Waals surface area contributed by atoms with Crippen LogP contribution in [0.2, 0.25) is 0 Å². The largest absolute Gasteiger partial charge is 0.396 e. The van der Waals surface area contributed by atoms with E-state index in [0.29, 0.717) is 13.0 Å². The molecule has 0 aliphatic carbocycles. The van der Waals surface area contributed by atoms with Crippen molar-refractivity contribution in [3.63, 3.8) is 0 Å². The molecule has 0 bridgehead atoms. The molecule has 2 rings (SSSR count). The van der Waals surface area contributed by atoms with E-state index in [1.54, 1.807) is 4.90 Å². The van der Waals surface area contributed by atoms with Crippen molar-refractivity contribution in [3.8, 4) is 0 Å². The van der Waals surface area contributed by atoms with Crippen LogP contribution in [0.5, 0.6) is 0 Å². The van der Waals surface area contributed by atoms with E-state index in [9.17, 15) is 4.79 Å². The summed E-state index contributed by atoms with van der Waals surface area (Å²) in [7, 11) is 3.62. The Labute approximate surface area is 138 Å². The Balaban J connectivity index is 2.00. The average molecular weight is 320 g/mol. The summed E-state index contributed by atoms with van der Waals surface area (Å²) in [5, 5.41) is 8.82. The Kier molecular flexibility index (Phi) is 7.02. The van der Waals surface area contributed by atoms with Gasteiger partial charge in [0, 0.05) is 40.4 Å². The molecule has 1 saturated heterocycles. The molecule has 23 heavy (non-hydrogen) atoms. The molecule has 128 valence electrons. The minimum atomic E-state index is -0.218. The topological polar surface area (TPSA) is 53.0 Å². The van der Waals surface area contributed by atoms with E-state index in [1.807, 2.05) is 44.4 Å². The molecule has 1 unspecified atom stereocenters. The van der Waals surface area contributed by atoms with E-state index in [0.717, 1.165) is 31.5 Å². The van der Waals surface area contributed by atoms with Crippen LogP contribution < -0.4 is 0 Å². The Hall–Kier alpha value is -1.43. The van der Waals surface area contributed by atoms with Crippen molar-refractivity contribution in [2.75, 3.05) is 40.4 Å². The van der Waals surface area contributed by atoms with E-state index < -0.39 is 0 Å². The third-order valence-corrected chi connectivity index (χ3v) is 4.29. The van der Waals surface area contributed by atoms with Gasteiger partial charge >= 0.3 is 0 Å². The molecule has 0 spiro atoms. The van der Waals surface area contributed by atoms with Gasteiger partial charge in [-0.25, -0.2) is 0 Å². The molecule has 1 N–H and O–H groups in total. The maximum atomic E-state index is 12.7. The average Bonchev–Trinajstić information content (AvgIpc) is 2.57. The number of nitrogens with zero attached hydrogens (tertiary/aromatic N) is 2. The molecule has 1 amide bonds. The third-order valence-electron chi connectivity index (χ3n) is 4.29. The Morgan fingerprint density at radius 1 is 1.30 bits per heavy atom. The minimum Gasteiger partial charge on any atom is -0.396 e. The lowest BCUT2D eigenvalue weighted by Crippen LogP contribution is -2.45. The highest BCUT2D eigenvalue weighted by Gasteiger charge is 2.32. The number of aliphatic hydroxyl groups excluding tert-OH is 1. The van der Waals surface area contributed by atoms with E-state index in [1.165, 1.54) is 0 Å². The van der Waals surface area contributed by atoms with Crippen LogP contribution in [0.4, 0.5) is 0 Å². The fourth-order valence-electron chi connectivity index (χ4n) is 3.00. The second-order valence-corrected chi connectivity index (χ2v) is 6.23. The lowest BCUT2D eigenvalue weighted by Gasteiger charge is -2.37. The van der Waals surface area contributed by atoms with Crippen molar-refractivity contribution in [3.05, 3.63) is 35.9 Å². The zero-order valence-electron chi connectivity index (χ0n) is 14.1. The number of carbonyl (C=O) groups excluding carboxylic acids is 1. The molecule has 1 atom stereocenters. The van der Waals surface area contributed by atoms with Gasteiger partial charge in [-0.15, -0.1) is 0 Å². The molecule has 1 aromatic rings. The van der Waals surface area contributed by atoms with E-state index in [4.69, 9.17) is 9.84 Å². The zero-order chi connectivity index (χ0) is 16.7. The Morgan fingerprint density at radius 3 is 2.52 bits per heavy atom. The molecule has 1 aliphatic rings. The summed E-state index contributed by atoms with van der Waals surface area (Å²) in [5.74, 6) is 0.121. The van der Waals surface area contributed by atoms with Gasteiger partial charge in [-0.2, -0.15) is 0 Å². The van der Waals surface area contributed by atoms with Crippen LogP contribution in [0.3, 0.4) is 0 Å². The van der Waals surface area contributed by atoms with E-state index in [2.05, 4.69) is 4.90 Å². The Bertz CT molecular complexity index is 470. The van der Waals surface area contributed by atoms with Gasteiger partial charge < -0.3 is 14.7 Å². The van der Waals surface area contributed by atoms with Crippen LogP contribution in [0.1, 0.15) is 30.9 Å². The molecule has 0 radical (unpaired) electrons. The van der Waals surface area contributed by atoms with Gasteiger partial charge in [0.25, 0.3) is 0 Å². The second kappa shape index (κ2) is 9.01. The first kappa shape index (κ1) is 17.9. The molecule has 5 heteroatoms. The van der Waals surface area contributed by atoms with Gasteiger partial charge in [-0.3, -0.25) is 9.69 Å². The quantitative estimate of drug-likeness (QED) is 0.777. The van der Waals surface area contributed by atoms with Crippen LogP contribution >= 0.6 is 0 Å². The highest BCUT2D eigenvalue weighted by molar-refractivity contribution is 5.82. The number of carbonyl (C=O) groups is 1. The zero-order valence-corrected chi connectivity index (χ0v) is 14.1. The van der Waals surface area contributed by atoms with Crippen molar-refractivity contribution < 1.29 is 14.6 Å². The van der Waals surface area contributed by atoms with Crippen molar-refractivity contribution >= 4 is 5.91 Å². The standard InChI is InChI=1S/C18H28N2O3/c1-19(2)18(22)17(15-7-4-3-5-8-15)20-11-9-16(10-12-20)23-14-6-13-21/h3-5,7-8,16-17,21H,6,9-14H2,1-2H3. The monoisotopic (exact) mass is 320 g/mol. The van der Waals surface area contributed by atoms with Gasteiger partial charge in [0.15, 0.2) is 0 Å². The normalized spacial score (nSPS) is 17.9. The number of benzene rings is 1. The summed E-state index contributed by atoms with van der Waals surface area (Å²) in [5.41, 5.74) is 1.05. The van der Waals surface area contributed by atoms with Gasteiger partial charge in [-0.1, -0.05) is 30.3 Å². The lowest BCUT2D eigenvalue weighted by atomic mass is 9.99. The number of hydrogen-bond donors (Lipinski definition) is 1. The molecule has 1 aliphatic heterocycles. The molecule has 0 aromatic heterocycles. The van der Waals surface area contributed by atoms with Crippen LogP contribution in [-0.2, 0) is 9.53 Å². The van der Waals surface area contributed by atoms with Crippen LogP contribution in [0.15, 0.2) is 30.3 Å². The first-order chi connectivity index (χ1) is 11.1. The predicted octanol–water partition coefficient (Wildman–Crippen LogP) is 1.68. The number of amides is 1. The summed E-state index contributed by atoms with van der Waals surface area (Å²) in [4.78, 5) is 16.6. The minimum absolute atomic E-state index is 0.121. The number of likely N-dealkylation sites (tertiary alicyclic amines) is 1. The predicted molar refractivity (Wildman–Crippen MR) is 90.1 cm³/mol. The summed E-state index contributed by atoms with van der Waals surface area (Å²) < 4.78 is 5.78. The first-order valence-electron chi connectivity index (χ1n) is 8.36.